The molecule has 7 heteroatoms. The lowest BCUT2D eigenvalue weighted by atomic mass is 9.90. The van der Waals surface area contributed by atoms with Crippen LogP contribution >= 0.6 is 11.3 Å². The van der Waals surface area contributed by atoms with Crippen LogP contribution in [-0.4, -0.2) is 50.1 Å². The SMILES string of the molecule is COc1ccc(CC2CCN(CC(=O)NC(=O)NCCc3cccs3)CC2)cc1. The van der Waals surface area contributed by atoms with Crippen molar-refractivity contribution in [3.63, 3.8) is 0 Å². The Morgan fingerprint density at radius 3 is 2.59 bits per heavy atom. The smallest absolute Gasteiger partial charge is 0.321 e. The largest absolute Gasteiger partial charge is 0.497 e. The molecule has 29 heavy (non-hydrogen) atoms. The molecule has 6 nitrogen and oxygen atoms in total. The van der Waals surface area contributed by atoms with Crippen LogP contribution in [0.25, 0.3) is 0 Å². The van der Waals surface area contributed by atoms with Crippen LogP contribution in [0.5, 0.6) is 5.75 Å². The molecule has 3 rings (SSSR count). The maximum Gasteiger partial charge on any atom is 0.321 e. The fraction of sp³-hybridized carbons (Fsp3) is 0.455. The van der Waals surface area contributed by atoms with Crippen LogP contribution < -0.4 is 15.4 Å². The van der Waals surface area contributed by atoms with E-state index in [2.05, 4.69) is 27.7 Å². The van der Waals surface area contributed by atoms with Crippen LogP contribution in [0.4, 0.5) is 4.79 Å². The molecule has 1 aromatic heterocycles. The molecule has 0 spiro atoms. The van der Waals surface area contributed by atoms with Gasteiger partial charge in [0.15, 0.2) is 0 Å². The Kier molecular flexibility index (Phi) is 8.07. The number of amides is 3. The molecule has 1 saturated heterocycles. The molecule has 2 heterocycles. The highest BCUT2D eigenvalue weighted by Gasteiger charge is 2.21. The molecule has 0 unspecified atom stereocenters. The second kappa shape index (κ2) is 11.0. The molecule has 0 atom stereocenters. The monoisotopic (exact) mass is 415 g/mol. The first-order valence-corrected chi connectivity index (χ1v) is 11.0. The molecule has 2 N–H and O–H groups in total. The number of ether oxygens (including phenoxy) is 1. The maximum atomic E-state index is 12.1. The van der Waals surface area contributed by atoms with Crippen molar-refractivity contribution in [2.75, 3.05) is 33.3 Å². The first-order valence-electron chi connectivity index (χ1n) is 10.1. The van der Waals surface area contributed by atoms with E-state index in [-0.39, 0.29) is 12.5 Å². The third kappa shape index (κ3) is 7.18. The summed E-state index contributed by atoms with van der Waals surface area (Å²) >= 11 is 1.66. The predicted octanol–water partition coefficient (Wildman–Crippen LogP) is 3.08. The van der Waals surface area contributed by atoms with Gasteiger partial charge in [-0.1, -0.05) is 18.2 Å². The first kappa shape index (κ1) is 21.3. The van der Waals surface area contributed by atoms with Crippen molar-refractivity contribution in [1.29, 1.82) is 0 Å². The van der Waals surface area contributed by atoms with Gasteiger partial charge in [0.05, 0.1) is 13.7 Å². The Morgan fingerprint density at radius 1 is 1.17 bits per heavy atom. The topological polar surface area (TPSA) is 70.7 Å². The summed E-state index contributed by atoms with van der Waals surface area (Å²) < 4.78 is 5.20. The van der Waals surface area contributed by atoms with Crippen LogP contribution in [0.1, 0.15) is 23.3 Å². The summed E-state index contributed by atoms with van der Waals surface area (Å²) in [5.41, 5.74) is 1.32. The average Bonchev–Trinajstić information content (AvgIpc) is 3.23. The van der Waals surface area contributed by atoms with Crippen molar-refractivity contribution in [3.8, 4) is 5.75 Å². The number of methoxy groups -OCH3 is 1. The van der Waals surface area contributed by atoms with E-state index in [0.717, 1.165) is 44.5 Å². The van der Waals surface area contributed by atoms with Gasteiger partial charge < -0.3 is 10.1 Å². The van der Waals surface area contributed by atoms with E-state index in [1.54, 1.807) is 18.4 Å². The second-order valence-electron chi connectivity index (χ2n) is 7.41. The summed E-state index contributed by atoms with van der Waals surface area (Å²) in [4.78, 5) is 27.3. The van der Waals surface area contributed by atoms with E-state index in [9.17, 15) is 9.59 Å². The minimum Gasteiger partial charge on any atom is -0.497 e. The van der Waals surface area contributed by atoms with Gasteiger partial charge in [-0.2, -0.15) is 0 Å². The molecule has 1 fully saturated rings. The third-order valence-electron chi connectivity index (χ3n) is 5.25. The van der Waals surface area contributed by atoms with Gasteiger partial charge in [0.2, 0.25) is 5.91 Å². The van der Waals surface area contributed by atoms with Crippen LogP contribution in [-0.2, 0) is 17.6 Å². The lowest BCUT2D eigenvalue weighted by Crippen LogP contribution is -2.46. The van der Waals surface area contributed by atoms with E-state index >= 15 is 0 Å². The number of nitrogens with zero attached hydrogens (tertiary/aromatic N) is 1. The molecule has 0 aliphatic carbocycles. The van der Waals surface area contributed by atoms with Crippen molar-refractivity contribution in [2.24, 2.45) is 5.92 Å². The molecular weight excluding hydrogens is 386 g/mol. The summed E-state index contributed by atoms with van der Waals surface area (Å²) in [7, 11) is 1.68. The molecule has 0 saturated carbocycles. The van der Waals surface area contributed by atoms with Crippen molar-refractivity contribution >= 4 is 23.3 Å². The minimum atomic E-state index is -0.416. The van der Waals surface area contributed by atoms with E-state index < -0.39 is 6.03 Å². The van der Waals surface area contributed by atoms with Crippen LogP contribution in [0, 0.1) is 5.92 Å². The third-order valence-corrected chi connectivity index (χ3v) is 6.18. The summed E-state index contributed by atoms with van der Waals surface area (Å²) in [6.45, 7) is 2.56. The second-order valence-corrected chi connectivity index (χ2v) is 8.44. The number of hydrogen-bond donors (Lipinski definition) is 2. The van der Waals surface area contributed by atoms with Gasteiger partial charge in [0, 0.05) is 11.4 Å². The molecule has 1 aliphatic rings. The molecule has 1 aliphatic heterocycles. The van der Waals surface area contributed by atoms with Gasteiger partial charge in [-0.05, 0) is 73.8 Å². The van der Waals surface area contributed by atoms with Crippen LogP contribution in [0.2, 0.25) is 0 Å². The number of nitrogens with one attached hydrogen (secondary N) is 2. The molecule has 0 radical (unpaired) electrons. The fourth-order valence-corrected chi connectivity index (χ4v) is 4.32. The molecule has 2 aromatic rings. The Balaban J connectivity index is 1.31. The quantitative estimate of drug-likeness (QED) is 0.695. The highest BCUT2D eigenvalue weighted by atomic mass is 32.1. The summed E-state index contributed by atoms with van der Waals surface area (Å²) in [6.07, 6.45) is 3.95. The minimum absolute atomic E-state index is 0.243. The van der Waals surface area contributed by atoms with E-state index in [0.29, 0.717) is 12.5 Å². The Morgan fingerprint density at radius 2 is 1.93 bits per heavy atom. The van der Waals surface area contributed by atoms with Crippen LogP contribution in [0.15, 0.2) is 41.8 Å². The number of rotatable bonds is 8. The number of thiophene rings is 1. The Bertz CT molecular complexity index is 769. The van der Waals surface area contributed by atoms with E-state index in [1.807, 2.05) is 29.6 Å². The predicted molar refractivity (Wildman–Crippen MR) is 115 cm³/mol. The Hall–Kier alpha value is -2.38. The highest BCUT2D eigenvalue weighted by Crippen LogP contribution is 2.22. The van der Waals surface area contributed by atoms with Gasteiger partial charge in [0.1, 0.15) is 5.75 Å². The average molecular weight is 416 g/mol. The van der Waals surface area contributed by atoms with Crippen molar-refractivity contribution < 1.29 is 14.3 Å². The molecule has 3 amide bonds. The number of carbonyl (C=O) groups is 2. The van der Waals surface area contributed by atoms with Crippen molar-refractivity contribution in [2.45, 2.75) is 25.7 Å². The van der Waals surface area contributed by atoms with Crippen molar-refractivity contribution in [3.05, 3.63) is 52.2 Å². The zero-order valence-electron chi connectivity index (χ0n) is 16.9. The summed E-state index contributed by atoms with van der Waals surface area (Å²) in [5.74, 6) is 1.26. The molecule has 1 aromatic carbocycles. The standard InChI is InChI=1S/C22H29N3O3S/c1-28-19-6-4-17(5-7-19)15-18-9-12-25(13-10-18)16-21(26)24-22(27)23-11-8-20-3-2-14-29-20/h2-7,14,18H,8-13,15-16H2,1H3,(H2,23,24,26,27). The zero-order valence-corrected chi connectivity index (χ0v) is 17.7. The lowest BCUT2D eigenvalue weighted by molar-refractivity contribution is -0.121. The number of hydrogen-bond acceptors (Lipinski definition) is 5. The number of piperidine rings is 1. The summed E-state index contributed by atoms with van der Waals surface area (Å²) in [6, 6.07) is 11.9. The fourth-order valence-electron chi connectivity index (χ4n) is 3.61. The maximum absolute atomic E-state index is 12.1. The van der Waals surface area contributed by atoms with Gasteiger partial charge >= 0.3 is 6.03 Å². The zero-order chi connectivity index (χ0) is 20.5. The number of urea groups is 1. The van der Waals surface area contributed by atoms with Crippen LogP contribution in [0.3, 0.4) is 0 Å². The van der Waals surface area contributed by atoms with E-state index in [4.69, 9.17) is 4.74 Å². The van der Waals surface area contributed by atoms with Crippen molar-refractivity contribution in [1.82, 2.24) is 15.5 Å². The van der Waals surface area contributed by atoms with Gasteiger partial charge in [-0.15, -0.1) is 11.3 Å². The highest BCUT2D eigenvalue weighted by molar-refractivity contribution is 7.09. The number of carbonyl (C=O) groups excluding carboxylic acids is 2. The Labute approximate surface area is 176 Å². The number of imide groups is 1. The van der Waals surface area contributed by atoms with E-state index in [1.165, 1.54) is 10.4 Å². The molecular formula is C22H29N3O3S. The first-order chi connectivity index (χ1) is 14.1. The van der Waals surface area contributed by atoms with Gasteiger partial charge in [-0.3, -0.25) is 15.0 Å². The normalized spacial score (nSPS) is 15.1. The lowest BCUT2D eigenvalue weighted by Gasteiger charge is -2.31. The number of likely N-dealkylation sites (tertiary alicyclic amines) is 1. The molecule has 156 valence electrons. The number of benzene rings is 1. The van der Waals surface area contributed by atoms with Gasteiger partial charge in [-0.25, -0.2) is 4.79 Å². The summed E-state index contributed by atoms with van der Waals surface area (Å²) in [5, 5.41) is 7.18. The molecule has 0 bridgehead atoms. The van der Waals surface area contributed by atoms with Gasteiger partial charge in [0.25, 0.3) is 0 Å².